The van der Waals surface area contributed by atoms with Crippen LogP contribution >= 0.6 is 0 Å². The third-order valence-corrected chi connectivity index (χ3v) is 3.20. The Morgan fingerprint density at radius 3 is 2.57 bits per heavy atom. The van der Waals surface area contributed by atoms with E-state index in [1.54, 1.807) is 0 Å². The molecule has 3 heteroatoms. The fourth-order valence-electron chi connectivity index (χ4n) is 2.31. The number of carbonyl (C=O) groups excluding carboxylic acids is 1. The molecule has 78 valence electrons. The zero-order chi connectivity index (χ0) is 9.97. The third-order valence-electron chi connectivity index (χ3n) is 3.20. The lowest BCUT2D eigenvalue weighted by molar-refractivity contribution is -0.125. The van der Waals surface area contributed by atoms with Gasteiger partial charge < -0.3 is 11.1 Å². The molecule has 1 fully saturated rings. The minimum Gasteiger partial charge on any atom is -0.353 e. The Morgan fingerprint density at radius 2 is 2.00 bits per heavy atom. The van der Waals surface area contributed by atoms with Crippen molar-refractivity contribution in [2.45, 2.75) is 44.2 Å². The molecule has 2 atom stereocenters. The van der Waals surface area contributed by atoms with Gasteiger partial charge in [0.05, 0.1) is 0 Å². The summed E-state index contributed by atoms with van der Waals surface area (Å²) in [7, 11) is 0. The van der Waals surface area contributed by atoms with Crippen molar-refractivity contribution >= 4 is 5.91 Å². The molecule has 14 heavy (non-hydrogen) atoms. The minimum absolute atomic E-state index is 0.172. The Labute approximate surface area is 84.7 Å². The van der Waals surface area contributed by atoms with Crippen LogP contribution in [0, 0.1) is 5.92 Å². The molecule has 2 aliphatic rings. The van der Waals surface area contributed by atoms with Crippen LogP contribution in [0.4, 0.5) is 0 Å². The highest BCUT2D eigenvalue weighted by Crippen LogP contribution is 2.24. The van der Waals surface area contributed by atoms with Crippen LogP contribution < -0.4 is 11.1 Å². The van der Waals surface area contributed by atoms with Crippen molar-refractivity contribution in [1.82, 2.24) is 5.32 Å². The quantitative estimate of drug-likeness (QED) is 0.643. The largest absolute Gasteiger partial charge is 0.353 e. The van der Waals surface area contributed by atoms with Crippen LogP contribution in [-0.4, -0.2) is 18.0 Å². The van der Waals surface area contributed by atoms with Crippen molar-refractivity contribution in [3.63, 3.8) is 0 Å². The van der Waals surface area contributed by atoms with E-state index < -0.39 is 0 Å². The number of hydrogen-bond acceptors (Lipinski definition) is 2. The average molecular weight is 194 g/mol. The number of carbonyl (C=O) groups is 1. The molecular formula is C11H18N2O. The second-order valence-corrected chi connectivity index (χ2v) is 4.42. The first-order valence-corrected chi connectivity index (χ1v) is 5.46. The van der Waals surface area contributed by atoms with Crippen LogP contribution in [0.5, 0.6) is 0 Å². The standard InChI is InChI=1S/C11H18N2O/c12-9-6-5-8(7-9)11(14)13-10-3-1-2-4-10/h1-2,8-10H,3-7,12H2,(H,13,14). The number of nitrogens with one attached hydrogen (secondary N) is 1. The highest BCUT2D eigenvalue weighted by atomic mass is 16.1. The molecule has 0 saturated heterocycles. The van der Waals surface area contributed by atoms with Gasteiger partial charge in [0, 0.05) is 18.0 Å². The van der Waals surface area contributed by atoms with Crippen LogP contribution in [-0.2, 0) is 4.79 Å². The van der Waals surface area contributed by atoms with Gasteiger partial charge in [-0.05, 0) is 32.1 Å². The summed E-state index contributed by atoms with van der Waals surface area (Å²) < 4.78 is 0. The molecule has 0 aromatic carbocycles. The first-order valence-electron chi connectivity index (χ1n) is 5.46. The van der Waals surface area contributed by atoms with E-state index in [1.165, 1.54) is 0 Å². The lowest BCUT2D eigenvalue weighted by Gasteiger charge is -2.15. The van der Waals surface area contributed by atoms with Crippen LogP contribution in [0.3, 0.4) is 0 Å². The highest BCUT2D eigenvalue weighted by Gasteiger charge is 2.28. The van der Waals surface area contributed by atoms with Crippen LogP contribution in [0.1, 0.15) is 32.1 Å². The van der Waals surface area contributed by atoms with Gasteiger partial charge >= 0.3 is 0 Å². The molecule has 1 amide bonds. The van der Waals surface area contributed by atoms with E-state index >= 15 is 0 Å². The smallest absolute Gasteiger partial charge is 0.223 e. The van der Waals surface area contributed by atoms with E-state index in [4.69, 9.17) is 5.73 Å². The zero-order valence-corrected chi connectivity index (χ0v) is 8.41. The molecule has 2 unspecified atom stereocenters. The Bertz CT molecular complexity index is 242. The molecule has 3 N–H and O–H groups in total. The molecule has 0 radical (unpaired) electrons. The molecule has 1 saturated carbocycles. The van der Waals surface area contributed by atoms with Gasteiger partial charge in [-0.1, -0.05) is 12.2 Å². The maximum absolute atomic E-state index is 11.8. The number of hydrogen-bond donors (Lipinski definition) is 2. The Hall–Kier alpha value is -0.830. The van der Waals surface area contributed by atoms with Crippen molar-refractivity contribution in [2.24, 2.45) is 11.7 Å². The second-order valence-electron chi connectivity index (χ2n) is 4.42. The van der Waals surface area contributed by atoms with E-state index in [9.17, 15) is 4.79 Å². The Kier molecular flexibility index (Phi) is 2.87. The second kappa shape index (κ2) is 4.13. The molecule has 3 nitrogen and oxygen atoms in total. The highest BCUT2D eigenvalue weighted by molar-refractivity contribution is 5.79. The maximum Gasteiger partial charge on any atom is 0.223 e. The number of nitrogens with two attached hydrogens (primary N) is 1. The topological polar surface area (TPSA) is 55.1 Å². The van der Waals surface area contributed by atoms with Gasteiger partial charge in [-0.2, -0.15) is 0 Å². The van der Waals surface area contributed by atoms with Gasteiger partial charge in [-0.25, -0.2) is 0 Å². The third kappa shape index (κ3) is 2.15. The molecule has 2 rings (SSSR count). The number of amides is 1. The lowest BCUT2D eigenvalue weighted by atomic mass is 10.1. The van der Waals surface area contributed by atoms with Crippen LogP contribution in [0.2, 0.25) is 0 Å². The van der Waals surface area contributed by atoms with E-state index in [1.807, 2.05) is 0 Å². The first kappa shape index (κ1) is 9.71. The molecule has 0 aliphatic heterocycles. The van der Waals surface area contributed by atoms with Crippen LogP contribution in [0.25, 0.3) is 0 Å². The lowest BCUT2D eigenvalue weighted by Crippen LogP contribution is -2.37. The van der Waals surface area contributed by atoms with E-state index in [0.29, 0.717) is 6.04 Å². The predicted octanol–water partition coefficient (Wildman–Crippen LogP) is 0.949. The molecule has 2 aliphatic carbocycles. The zero-order valence-electron chi connectivity index (χ0n) is 8.41. The molecule has 0 aromatic heterocycles. The summed E-state index contributed by atoms with van der Waals surface area (Å²) in [6.07, 6.45) is 9.08. The SMILES string of the molecule is NC1CCC(C(=O)NC2CC=CC2)C1. The summed E-state index contributed by atoms with van der Waals surface area (Å²) in [6.45, 7) is 0. The minimum atomic E-state index is 0.172. The van der Waals surface area contributed by atoms with Gasteiger partial charge in [0.25, 0.3) is 0 Å². The van der Waals surface area contributed by atoms with E-state index in [-0.39, 0.29) is 17.9 Å². The van der Waals surface area contributed by atoms with E-state index in [0.717, 1.165) is 32.1 Å². The Morgan fingerprint density at radius 1 is 1.29 bits per heavy atom. The summed E-state index contributed by atoms with van der Waals surface area (Å²) in [5.74, 6) is 0.386. The maximum atomic E-state index is 11.8. The fraction of sp³-hybridized carbons (Fsp3) is 0.727. The summed E-state index contributed by atoms with van der Waals surface area (Å²) >= 11 is 0. The normalized spacial score (nSPS) is 32.4. The molecule has 0 bridgehead atoms. The average Bonchev–Trinajstić information content (AvgIpc) is 2.75. The van der Waals surface area contributed by atoms with Gasteiger partial charge in [-0.3, -0.25) is 4.79 Å². The van der Waals surface area contributed by atoms with Gasteiger partial charge in [0.15, 0.2) is 0 Å². The molecule has 0 heterocycles. The molecule has 0 aromatic rings. The summed E-state index contributed by atoms with van der Waals surface area (Å²) in [5, 5.41) is 3.08. The number of rotatable bonds is 2. The van der Waals surface area contributed by atoms with Crippen molar-refractivity contribution < 1.29 is 4.79 Å². The van der Waals surface area contributed by atoms with Crippen molar-refractivity contribution in [1.29, 1.82) is 0 Å². The van der Waals surface area contributed by atoms with Crippen LogP contribution in [0.15, 0.2) is 12.2 Å². The van der Waals surface area contributed by atoms with Gasteiger partial charge in [0.2, 0.25) is 5.91 Å². The Balaban J connectivity index is 1.78. The molecular weight excluding hydrogens is 176 g/mol. The predicted molar refractivity (Wildman–Crippen MR) is 55.6 cm³/mol. The van der Waals surface area contributed by atoms with Crippen molar-refractivity contribution in [2.75, 3.05) is 0 Å². The summed E-state index contributed by atoms with van der Waals surface area (Å²) in [6, 6.07) is 0.590. The van der Waals surface area contributed by atoms with Gasteiger partial charge in [0.1, 0.15) is 0 Å². The van der Waals surface area contributed by atoms with Crippen molar-refractivity contribution in [3.8, 4) is 0 Å². The first-order chi connectivity index (χ1) is 6.75. The fourth-order valence-corrected chi connectivity index (χ4v) is 2.31. The monoisotopic (exact) mass is 194 g/mol. The van der Waals surface area contributed by atoms with Crippen molar-refractivity contribution in [3.05, 3.63) is 12.2 Å². The summed E-state index contributed by atoms with van der Waals surface area (Å²) in [4.78, 5) is 11.8. The summed E-state index contributed by atoms with van der Waals surface area (Å²) in [5.41, 5.74) is 5.78. The van der Waals surface area contributed by atoms with Gasteiger partial charge in [-0.15, -0.1) is 0 Å². The molecule has 0 spiro atoms. The van der Waals surface area contributed by atoms with E-state index in [2.05, 4.69) is 17.5 Å².